The molecule has 0 saturated carbocycles. The molecule has 0 bridgehead atoms. The molecule has 0 unspecified atom stereocenters. The van der Waals surface area contributed by atoms with E-state index in [2.05, 4.69) is 10.1 Å². The number of carboxylic acid groups (broad SMARTS) is 1. The molecule has 0 radical (unpaired) electrons. The first kappa shape index (κ1) is 18.5. The highest BCUT2D eigenvalue weighted by Crippen LogP contribution is 2.26. The van der Waals surface area contributed by atoms with E-state index in [0.29, 0.717) is 17.1 Å². The van der Waals surface area contributed by atoms with Crippen molar-refractivity contribution in [1.29, 1.82) is 0 Å². The van der Waals surface area contributed by atoms with E-state index < -0.39 is 11.5 Å². The zero-order valence-corrected chi connectivity index (χ0v) is 15.9. The summed E-state index contributed by atoms with van der Waals surface area (Å²) in [6.45, 7) is 3.68. The topological polar surface area (TPSA) is 96.7 Å². The average Bonchev–Trinajstić information content (AvgIpc) is 3.10. The third-order valence-corrected chi connectivity index (χ3v) is 4.55. The lowest BCUT2D eigenvalue weighted by molar-refractivity contribution is 0.0697. The van der Waals surface area contributed by atoms with Crippen LogP contribution in [0.4, 0.5) is 0 Å². The van der Waals surface area contributed by atoms with Crippen LogP contribution in [0.25, 0.3) is 16.9 Å². The SMILES string of the molecule is CC(C)c1nn2c(=O)cc(-c3ccc(Oc4ccccc4)cc3)[nH]c2c1C(=O)O. The second-order valence-corrected chi connectivity index (χ2v) is 6.94. The number of carboxylic acids is 1. The Morgan fingerprint density at radius 2 is 1.72 bits per heavy atom. The molecule has 0 atom stereocenters. The quantitative estimate of drug-likeness (QED) is 0.530. The highest BCUT2D eigenvalue weighted by molar-refractivity contribution is 5.96. The number of aromatic nitrogens is 3. The van der Waals surface area contributed by atoms with E-state index in [9.17, 15) is 14.7 Å². The maximum atomic E-state index is 12.6. The van der Waals surface area contributed by atoms with Gasteiger partial charge in [-0.3, -0.25) is 4.79 Å². The molecule has 2 aromatic carbocycles. The molecule has 7 heteroatoms. The van der Waals surface area contributed by atoms with Crippen molar-refractivity contribution in [3.63, 3.8) is 0 Å². The standard InChI is InChI=1S/C22H19N3O4/c1-13(2)20-19(22(27)28)21-23-17(12-18(26)25(21)24-20)14-8-10-16(11-9-14)29-15-6-4-3-5-7-15/h3-13,23H,1-2H3,(H,27,28). The molecule has 0 aliphatic rings. The van der Waals surface area contributed by atoms with Gasteiger partial charge in [-0.05, 0) is 47.9 Å². The van der Waals surface area contributed by atoms with Gasteiger partial charge in [-0.15, -0.1) is 0 Å². The van der Waals surface area contributed by atoms with E-state index >= 15 is 0 Å². The summed E-state index contributed by atoms with van der Waals surface area (Å²) in [6, 6.07) is 18.0. The van der Waals surface area contributed by atoms with Crippen LogP contribution in [-0.4, -0.2) is 25.7 Å². The summed E-state index contributed by atoms with van der Waals surface area (Å²) >= 11 is 0. The Morgan fingerprint density at radius 1 is 1.07 bits per heavy atom. The number of aromatic carboxylic acids is 1. The molecule has 0 fully saturated rings. The lowest BCUT2D eigenvalue weighted by atomic mass is 10.1. The van der Waals surface area contributed by atoms with Gasteiger partial charge in [0.15, 0.2) is 5.65 Å². The predicted octanol–water partition coefficient (Wildman–Crippen LogP) is 4.30. The smallest absolute Gasteiger partial charge is 0.341 e. The fourth-order valence-electron chi connectivity index (χ4n) is 3.16. The number of aromatic amines is 1. The summed E-state index contributed by atoms with van der Waals surface area (Å²) in [7, 11) is 0. The summed E-state index contributed by atoms with van der Waals surface area (Å²) in [4.78, 5) is 27.4. The second-order valence-electron chi connectivity index (χ2n) is 6.94. The van der Waals surface area contributed by atoms with Gasteiger partial charge in [0.2, 0.25) is 0 Å². The van der Waals surface area contributed by atoms with Crippen LogP contribution in [0.15, 0.2) is 65.5 Å². The van der Waals surface area contributed by atoms with Gasteiger partial charge in [-0.1, -0.05) is 32.0 Å². The number of ether oxygens (including phenoxy) is 1. The Balaban J connectivity index is 1.75. The lowest BCUT2D eigenvalue weighted by Gasteiger charge is -2.07. The molecule has 0 spiro atoms. The van der Waals surface area contributed by atoms with Gasteiger partial charge in [0.1, 0.15) is 17.1 Å². The molecule has 2 heterocycles. The molecule has 4 aromatic rings. The van der Waals surface area contributed by atoms with Crippen molar-refractivity contribution in [2.75, 3.05) is 0 Å². The molecule has 29 heavy (non-hydrogen) atoms. The lowest BCUT2D eigenvalue weighted by Crippen LogP contribution is -2.15. The molecule has 146 valence electrons. The summed E-state index contributed by atoms with van der Waals surface area (Å²) < 4.78 is 6.89. The third-order valence-electron chi connectivity index (χ3n) is 4.55. The van der Waals surface area contributed by atoms with E-state index in [0.717, 1.165) is 15.8 Å². The molecule has 2 N–H and O–H groups in total. The molecule has 4 rings (SSSR count). The largest absolute Gasteiger partial charge is 0.477 e. The minimum atomic E-state index is -1.12. The van der Waals surface area contributed by atoms with Crippen LogP contribution in [0.1, 0.15) is 35.8 Å². The first-order valence-corrected chi connectivity index (χ1v) is 9.16. The van der Waals surface area contributed by atoms with Gasteiger partial charge in [-0.25, -0.2) is 4.79 Å². The predicted molar refractivity (Wildman–Crippen MR) is 109 cm³/mol. The number of H-pyrrole nitrogens is 1. The van der Waals surface area contributed by atoms with E-state index in [1.54, 1.807) is 24.3 Å². The fraction of sp³-hybridized carbons (Fsp3) is 0.136. The number of hydrogen-bond acceptors (Lipinski definition) is 4. The summed E-state index contributed by atoms with van der Waals surface area (Å²) in [6.07, 6.45) is 0. The summed E-state index contributed by atoms with van der Waals surface area (Å²) in [5.74, 6) is 0.123. The number of fused-ring (bicyclic) bond motifs is 1. The number of hydrogen-bond donors (Lipinski definition) is 2. The Kier molecular flexibility index (Phi) is 4.64. The maximum Gasteiger partial charge on any atom is 0.341 e. The first-order chi connectivity index (χ1) is 13.9. The van der Waals surface area contributed by atoms with Crippen molar-refractivity contribution in [2.45, 2.75) is 19.8 Å². The molecule has 7 nitrogen and oxygen atoms in total. The second kappa shape index (κ2) is 7.27. The highest BCUT2D eigenvalue weighted by Gasteiger charge is 2.23. The molecular formula is C22H19N3O4. The van der Waals surface area contributed by atoms with Gasteiger partial charge >= 0.3 is 5.97 Å². The first-order valence-electron chi connectivity index (χ1n) is 9.16. The van der Waals surface area contributed by atoms with Gasteiger partial charge in [0.05, 0.1) is 11.4 Å². The van der Waals surface area contributed by atoms with Gasteiger partial charge in [0.25, 0.3) is 5.56 Å². The van der Waals surface area contributed by atoms with Crippen LogP contribution in [0.2, 0.25) is 0 Å². The molecule has 0 saturated heterocycles. The summed E-state index contributed by atoms with van der Waals surface area (Å²) in [5.41, 5.74) is 1.40. The Labute approximate surface area is 166 Å². The number of rotatable bonds is 5. The van der Waals surface area contributed by atoms with Crippen molar-refractivity contribution in [3.8, 4) is 22.8 Å². The van der Waals surface area contributed by atoms with Crippen molar-refractivity contribution < 1.29 is 14.6 Å². The Bertz CT molecular complexity index is 1240. The molecule has 2 aromatic heterocycles. The van der Waals surface area contributed by atoms with Crippen LogP contribution < -0.4 is 10.3 Å². The zero-order chi connectivity index (χ0) is 20.5. The van der Waals surface area contributed by atoms with Crippen molar-refractivity contribution in [2.24, 2.45) is 0 Å². The van der Waals surface area contributed by atoms with E-state index in [4.69, 9.17) is 4.74 Å². The molecular weight excluding hydrogens is 370 g/mol. The van der Waals surface area contributed by atoms with Crippen LogP contribution in [-0.2, 0) is 0 Å². The monoisotopic (exact) mass is 389 g/mol. The van der Waals surface area contributed by atoms with Crippen molar-refractivity contribution in [1.82, 2.24) is 14.6 Å². The molecule has 0 amide bonds. The number of nitrogens with zero attached hydrogens (tertiary/aromatic N) is 2. The van der Waals surface area contributed by atoms with E-state index in [1.165, 1.54) is 6.07 Å². The van der Waals surface area contributed by atoms with Gasteiger partial charge in [-0.2, -0.15) is 9.61 Å². The van der Waals surface area contributed by atoms with Crippen LogP contribution in [0.3, 0.4) is 0 Å². The van der Waals surface area contributed by atoms with E-state index in [1.807, 2.05) is 44.2 Å². The number of carbonyl (C=O) groups is 1. The number of benzene rings is 2. The van der Waals surface area contributed by atoms with Crippen molar-refractivity contribution >= 4 is 11.6 Å². The van der Waals surface area contributed by atoms with Crippen LogP contribution >= 0.6 is 0 Å². The normalized spacial score (nSPS) is 11.1. The van der Waals surface area contributed by atoms with Gasteiger partial charge < -0.3 is 14.8 Å². The Hall–Kier alpha value is -3.87. The maximum absolute atomic E-state index is 12.6. The fourth-order valence-corrected chi connectivity index (χ4v) is 3.16. The number of para-hydroxylation sites is 1. The van der Waals surface area contributed by atoms with Crippen LogP contribution in [0.5, 0.6) is 11.5 Å². The Morgan fingerprint density at radius 3 is 2.34 bits per heavy atom. The summed E-state index contributed by atoms with van der Waals surface area (Å²) in [5, 5.41) is 13.8. The third kappa shape index (κ3) is 3.50. The minimum Gasteiger partial charge on any atom is -0.477 e. The highest BCUT2D eigenvalue weighted by atomic mass is 16.5. The molecule has 0 aliphatic carbocycles. The van der Waals surface area contributed by atoms with Gasteiger partial charge in [0, 0.05) is 6.07 Å². The van der Waals surface area contributed by atoms with Crippen molar-refractivity contribution in [3.05, 3.63) is 82.3 Å². The van der Waals surface area contributed by atoms with Crippen LogP contribution in [0, 0.1) is 0 Å². The minimum absolute atomic E-state index is 0.0166. The zero-order valence-electron chi connectivity index (χ0n) is 15.9. The number of nitrogens with one attached hydrogen (secondary N) is 1. The molecule has 0 aliphatic heterocycles. The average molecular weight is 389 g/mol. The van der Waals surface area contributed by atoms with E-state index in [-0.39, 0.29) is 17.1 Å².